The van der Waals surface area contributed by atoms with Crippen molar-refractivity contribution in [3.8, 4) is 11.1 Å². The molecule has 0 spiro atoms. The van der Waals surface area contributed by atoms with Gasteiger partial charge in [0.05, 0.1) is 6.42 Å². The van der Waals surface area contributed by atoms with E-state index in [4.69, 9.17) is 9.84 Å². The van der Waals surface area contributed by atoms with Crippen molar-refractivity contribution < 1.29 is 24.2 Å². The summed E-state index contributed by atoms with van der Waals surface area (Å²) in [4.78, 5) is 39.3. The number of rotatable bonds is 9. The van der Waals surface area contributed by atoms with Crippen molar-refractivity contribution in [2.24, 2.45) is 0 Å². The van der Waals surface area contributed by atoms with Crippen molar-refractivity contribution in [1.82, 2.24) is 10.2 Å². The smallest absolute Gasteiger partial charge is 0.408 e. The summed E-state index contributed by atoms with van der Waals surface area (Å²) in [5.74, 6) is -1.38. The Hall–Kier alpha value is -3.35. The van der Waals surface area contributed by atoms with Gasteiger partial charge in [-0.25, -0.2) is 4.79 Å². The van der Waals surface area contributed by atoms with E-state index in [1.165, 1.54) is 4.90 Å². The zero-order chi connectivity index (χ0) is 25.8. The fraction of sp³-hybridized carbons (Fsp3) is 0.464. The largest absolute Gasteiger partial charge is 0.481 e. The third kappa shape index (κ3) is 5.84. The Morgan fingerprint density at radius 1 is 0.971 bits per heavy atom. The average molecular weight is 481 g/mol. The fourth-order valence-corrected chi connectivity index (χ4v) is 4.83. The predicted octanol–water partition coefficient (Wildman–Crippen LogP) is 5.19. The number of nitrogens with one attached hydrogen (secondary N) is 1. The summed E-state index contributed by atoms with van der Waals surface area (Å²) in [5, 5.41) is 12.0. The monoisotopic (exact) mass is 480 g/mol. The molecule has 0 saturated carbocycles. The number of aliphatic carboxylic acids is 1. The molecule has 2 amide bonds. The maximum atomic E-state index is 13.6. The maximum absolute atomic E-state index is 13.6. The van der Waals surface area contributed by atoms with E-state index < -0.39 is 23.1 Å². The minimum absolute atomic E-state index is 0.0589. The van der Waals surface area contributed by atoms with E-state index in [-0.39, 0.29) is 31.4 Å². The molecule has 2 N–H and O–H groups in total. The van der Waals surface area contributed by atoms with Crippen LogP contribution in [0.4, 0.5) is 4.79 Å². The number of ether oxygens (including phenoxy) is 1. The molecule has 35 heavy (non-hydrogen) atoms. The highest BCUT2D eigenvalue weighted by Crippen LogP contribution is 2.44. The van der Waals surface area contributed by atoms with Crippen molar-refractivity contribution >= 4 is 18.0 Å². The lowest BCUT2D eigenvalue weighted by molar-refractivity contribution is -0.145. The van der Waals surface area contributed by atoms with Gasteiger partial charge in [-0.3, -0.25) is 9.59 Å². The highest BCUT2D eigenvalue weighted by atomic mass is 16.5. The predicted molar refractivity (Wildman–Crippen MR) is 135 cm³/mol. The Bertz CT molecular complexity index is 1050. The van der Waals surface area contributed by atoms with Gasteiger partial charge in [-0.05, 0) is 56.4 Å². The molecule has 7 nitrogen and oxygen atoms in total. The van der Waals surface area contributed by atoms with Gasteiger partial charge >= 0.3 is 12.1 Å². The van der Waals surface area contributed by atoms with Gasteiger partial charge in [0.2, 0.25) is 5.91 Å². The molecule has 3 rings (SSSR count). The Morgan fingerprint density at radius 3 is 2.00 bits per heavy atom. The van der Waals surface area contributed by atoms with Crippen LogP contribution in [-0.4, -0.2) is 52.2 Å². The molecular weight excluding hydrogens is 444 g/mol. The number of amides is 2. The molecule has 1 atom stereocenters. The number of hydrogen-bond acceptors (Lipinski definition) is 4. The number of carbonyl (C=O) groups is 3. The Kier molecular flexibility index (Phi) is 7.88. The fourth-order valence-electron chi connectivity index (χ4n) is 4.83. The Balaban J connectivity index is 1.75. The third-order valence-electron chi connectivity index (χ3n) is 6.55. The van der Waals surface area contributed by atoms with Gasteiger partial charge in [-0.15, -0.1) is 0 Å². The number of carboxylic acid groups (broad SMARTS) is 1. The van der Waals surface area contributed by atoms with E-state index in [1.54, 1.807) is 6.92 Å². The minimum Gasteiger partial charge on any atom is -0.481 e. The van der Waals surface area contributed by atoms with Gasteiger partial charge < -0.3 is 20.1 Å². The van der Waals surface area contributed by atoms with Crippen LogP contribution in [0.5, 0.6) is 0 Å². The van der Waals surface area contributed by atoms with Gasteiger partial charge in [0, 0.05) is 18.0 Å². The van der Waals surface area contributed by atoms with E-state index >= 15 is 0 Å². The molecule has 1 unspecified atom stereocenters. The maximum Gasteiger partial charge on any atom is 0.408 e. The van der Waals surface area contributed by atoms with Crippen LogP contribution in [0, 0.1) is 0 Å². The molecule has 2 aromatic rings. The molecule has 2 aromatic carbocycles. The second-order valence-corrected chi connectivity index (χ2v) is 10.3. The number of carbonyl (C=O) groups excluding carboxylic acids is 2. The number of alkyl carbamates (subject to hydrolysis) is 1. The zero-order valence-corrected chi connectivity index (χ0v) is 21.3. The lowest BCUT2D eigenvalue weighted by Crippen LogP contribution is -2.61. The molecule has 0 bridgehead atoms. The van der Waals surface area contributed by atoms with Crippen molar-refractivity contribution in [2.45, 2.75) is 70.9 Å². The first kappa shape index (κ1) is 26.3. The molecule has 188 valence electrons. The molecule has 7 heteroatoms. The lowest BCUT2D eigenvalue weighted by Gasteiger charge is -2.42. The summed E-state index contributed by atoms with van der Waals surface area (Å²) in [6, 6.07) is 16.2. The molecule has 0 fully saturated rings. The summed E-state index contributed by atoms with van der Waals surface area (Å²) in [6.07, 6.45) is 0.220. The first-order valence-electron chi connectivity index (χ1n) is 12.1. The first-order chi connectivity index (χ1) is 16.5. The van der Waals surface area contributed by atoms with Crippen molar-refractivity contribution in [3.05, 3.63) is 59.7 Å². The SMILES string of the molecule is CCCC(C)(NC(=O)OCC1c2ccccc2-c2ccccc21)C(=O)N(CCC(=O)O)C(C)(C)C. The number of hydrogen-bond donors (Lipinski definition) is 2. The molecule has 1 aliphatic carbocycles. The standard InChI is InChI=1S/C28H36N2O5/c1-6-16-28(5,25(33)30(27(2,3)4)17-15-24(31)32)29-26(34)35-18-23-21-13-9-7-11-19(21)20-12-8-10-14-22(20)23/h7-14,23H,6,15-18H2,1-5H3,(H,29,34)(H,31,32). The van der Waals surface area contributed by atoms with Gasteiger partial charge in [0.1, 0.15) is 12.1 Å². The summed E-state index contributed by atoms with van der Waals surface area (Å²) in [6.45, 7) is 9.39. The highest BCUT2D eigenvalue weighted by molar-refractivity contribution is 5.90. The lowest BCUT2D eigenvalue weighted by atomic mass is 9.91. The number of benzene rings is 2. The molecule has 0 heterocycles. The van der Waals surface area contributed by atoms with Crippen LogP contribution < -0.4 is 5.32 Å². The van der Waals surface area contributed by atoms with Crippen LogP contribution in [0.3, 0.4) is 0 Å². The number of nitrogens with zero attached hydrogens (tertiary/aromatic N) is 1. The van der Waals surface area contributed by atoms with Crippen LogP contribution in [-0.2, 0) is 14.3 Å². The van der Waals surface area contributed by atoms with Crippen LogP contribution >= 0.6 is 0 Å². The van der Waals surface area contributed by atoms with Crippen LogP contribution in [0.2, 0.25) is 0 Å². The van der Waals surface area contributed by atoms with E-state index in [0.717, 1.165) is 22.3 Å². The topological polar surface area (TPSA) is 95.9 Å². The summed E-state index contributed by atoms with van der Waals surface area (Å²) >= 11 is 0. The second kappa shape index (κ2) is 10.5. The second-order valence-electron chi connectivity index (χ2n) is 10.3. The first-order valence-corrected chi connectivity index (χ1v) is 12.1. The van der Waals surface area contributed by atoms with Crippen LogP contribution in [0.1, 0.15) is 70.9 Å². The quantitative estimate of drug-likeness (QED) is 0.515. The van der Waals surface area contributed by atoms with Crippen molar-refractivity contribution in [1.29, 1.82) is 0 Å². The summed E-state index contributed by atoms with van der Waals surface area (Å²) < 4.78 is 5.68. The molecule has 0 aromatic heterocycles. The number of carboxylic acids is 1. The Morgan fingerprint density at radius 2 is 1.51 bits per heavy atom. The van der Waals surface area contributed by atoms with Crippen molar-refractivity contribution in [2.75, 3.05) is 13.2 Å². The molecule has 0 aliphatic heterocycles. The summed E-state index contributed by atoms with van der Waals surface area (Å²) in [7, 11) is 0. The van der Waals surface area contributed by atoms with E-state index in [9.17, 15) is 14.4 Å². The van der Waals surface area contributed by atoms with Crippen LogP contribution in [0.15, 0.2) is 48.5 Å². The highest BCUT2D eigenvalue weighted by Gasteiger charge is 2.41. The molecule has 0 saturated heterocycles. The van der Waals surface area contributed by atoms with Gasteiger partial charge in [0.25, 0.3) is 0 Å². The van der Waals surface area contributed by atoms with Crippen molar-refractivity contribution in [3.63, 3.8) is 0 Å². The molecule has 1 aliphatic rings. The zero-order valence-electron chi connectivity index (χ0n) is 21.3. The minimum atomic E-state index is -1.22. The van der Waals surface area contributed by atoms with Crippen LogP contribution in [0.25, 0.3) is 11.1 Å². The van der Waals surface area contributed by atoms with Gasteiger partial charge in [0.15, 0.2) is 0 Å². The Labute approximate surface area is 207 Å². The number of fused-ring (bicyclic) bond motifs is 3. The summed E-state index contributed by atoms with van der Waals surface area (Å²) in [5.41, 5.74) is 2.68. The van der Waals surface area contributed by atoms with E-state index in [0.29, 0.717) is 12.8 Å². The average Bonchev–Trinajstić information content (AvgIpc) is 3.10. The van der Waals surface area contributed by atoms with E-state index in [2.05, 4.69) is 29.6 Å². The third-order valence-corrected chi connectivity index (χ3v) is 6.55. The molecular formula is C28H36N2O5. The van der Waals surface area contributed by atoms with Gasteiger partial charge in [-0.1, -0.05) is 61.9 Å². The van der Waals surface area contributed by atoms with E-state index in [1.807, 2.05) is 52.0 Å². The van der Waals surface area contributed by atoms with Gasteiger partial charge in [-0.2, -0.15) is 0 Å². The molecule has 0 radical (unpaired) electrons. The normalized spacial score (nSPS) is 14.4.